The Morgan fingerprint density at radius 1 is 0.573 bits per heavy atom. The highest BCUT2D eigenvalue weighted by molar-refractivity contribution is 6.29. The van der Waals surface area contributed by atoms with Crippen LogP contribution in [0.1, 0.15) is 149 Å². The topological polar surface area (TPSA) is 264 Å². The Labute approximate surface area is 533 Å². The van der Waals surface area contributed by atoms with E-state index < -0.39 is 65.0 Å². The van der Waals surface area contributed by atoms with Crippen LogP contribution in [0.3, 0.4) is 0 Å². The molecule has 0 unspecified atom stereocenters. The fourth-order valence-electron chi connectivity index (χ4n) is 8.36. The number of halogens is 1. The number of alkyl carbamates (subject to hydrolysis) is 2. The monoisotopic (exact) mass is 1260 g/mol. The summed E-state index contributed by atoms with van der Waals surface area (Å²) in [7, 11) is 2.88. The molecule has 0 aromatic carbocycles. The normalized spacial score (nSPS) is 18.4. The van der Waals surface area contributed by atoms with E-state index in [2.05, 4.69) is 31.9 Å². The second-order valence-electron chi connectivity index (χ2n) is 24.3. The Hall–Kier alpha value is -7.87. The lowest BCUT2D eigenvalue weighted by atomic mass is 9.86. The number of hydrogen-bond donors (Lipinski definition) is 6. The Morgan fingerprint density at radius 2 is 0.933 bits per heavy atom. The number of cyclic esters (lactones) is 2. The molecule has 20 nitrogen and oxygen atoms in total. The van der Waals surface area contributed by atoms with Crippen molar-refractivity contribution >= 4 is 59.4 Å². The molecule has 2 heterocycles. The van der Waals surface area contributed by atoms with Crippen LogP contribution in [0.15, 0.2) is 143 Å². The Bertz CT molecular complexity index is 2730. The number of amides is 6. The molecule has 8 atom stereocenters. The van der Waals surface area contributed by atoms with Gasteiger partial charge in [0.25, 0.3) is 0 Å². The summed E-state index contributed by atoms with van der Waals surface area (Å²) in [6.45, 7) is 29.9. The largest absolute Gasteiger partial charge is 0.490 e. The summed E-state index contributed by atoms with van der Waals surface area (Å²) < 4.78 is 31.8. The third kappa shape index (κ3) is 34.5. The average Bonchev–Trinajstić information content (AvgIpc) is 3.48. The zero-order valence-electron chi connectivity index (χ0n) is 55.6. The highest BCUT2D eigenvalue weighted by Crippen LogP contribution is 2.25. The number of methoxy groups -OCH3 is 2. The van der Waals surface area contributed by atoms with E-state index in [9.17, 15) is 38.4 Å². The molecule has 0 spiro atoms. The van der Waals surface area contributed by atoms with Gasteiger partial charge in [-0.05, 0) is 90.8 Å². The maximum atomic E-state index is 13.0. The summed E-state index contributed by atoms with van der Waals surface area (Å²) in [5, 5.41) is 17.0. The van der Waals surface area contributed by atoms with Crippen LogP contribution in [0.2, 0.25) is 0 Å². The van der Waals surface area contributed by atoms with Crippen molar-refractivity contribution in [1.82, 2.24) is 31.9 Å². The minimum Gasteiger partial charge on any atom is -0.490 e. The van der Waals surface area contributed by atoms with Crippen molar-refractivity contribution < 1.29 is 66.8 Å². The number of carbonyl (C=O) groups excluding carboxylic acids is 8. The maximum absolute atomic E-state index is 13.0. The second-order valence-corrected chi connectivity index (χ2v) is 24.9. The van der Waals surface area contributed by atoms with E-state index in [0.717, 1.165) is 11.1 Å². The van der Waals surface area contributed by atoms with Gasteiger partial charge in [-0.1, -0.05) is 157 Å². The second kappa shape index (κ2) is 41.4. The third-order valence-corrected chi connectivity index (χ3v) is 13.2. The first-order valence-corrected chi connectivity index (χ1v) is 30.4. The molecule has 0 aromatic rings. The molecule has 2 aliphatic rings. The highest BCUT2D eigenvalue weighted by atomic mass is 35.5. The molecule has 0 aliphatic carbocycles. The fraction of sp³-hybridized carbons (Fsp3) is 0.529. The van der Waals surface area contributed by atoms with Gasteiger partial charge in [-0.25, -0.2) is 19.2 Å². The van der Waals surface area contributed by atoms with Gasteiger partial charge in [0.2, 0.25) is 23.6 Å². The van der Waals surface area contributed by atoms with E-state index in [1.54, 1.807) is 61.6 Å². The van der Waals surface area contributed by atoms with Crippen molar-refractivity contribution in [3.63, 3.8) is 0 Å². The number of rotatable bonds is 30. The van der Waals surface area contributed by atoms with Crippen LogP contribution in [0.25, 0.3) is 0 Å². The van der Waals surface area contributed by atoms with Gasteiger partial charge in [-0.2, -0.15) is 0 Å². The maximum Gasteiger partial charge on any atom is 0.407 e. The molecule has 2 rings (SSSR count). The van der Waals surface area contributed by atoms with Crippen LogP contribution < -0.4 is 31.9 Å². The number of ether oxygens (including phenoxy) is 6. The molecule has 6 amide bonds. The Kier molecular flexibility index (Phi) is 36.8. The van der Waals surface area contributed by atoms with Crippen LogP contribution in [-0.4, -0.2) is 111 Å². The first-order chi connectivity index (χ1) is 41.7. The first kappa shape index (κ1) is 79.1. The molecule has 0 fully saturated rings. The van der Waals surface area contributed by atoms with E-state index in [0.29, 0.717) is 43.6 Å². The molecule has 2 aliphatic heterocycles. The van der Waals surface area contributed by atoms with Gasteiger partial charge in [0.1, 0.15) is 36.5 Å². The molecule has 21 heteroatoms. The molecular weight excluding hydrogens is 1160 g/mol. The molecule has 0 saturated heterocycles. The fourth-order valence-corrected chi connectivity index (χ4v) is 8.45. The highest BCUT2D eigenvalue weighted by Gasteiger charge is 2.34. The van der Waals surface area contributed by atoms with Crippen molar-refractivity contribution in [2.24, 2.45) is 22.7 Å². The third-order valence-electron chi connectivity index (χ3n) is 13.1. The van der Waals surface area contributed by atoms with Gasteiger partial charge < -0.3 is 60.3 Å². The number of allylic oxidation sites excluding steroid dienone is 10. The zero-order valence-corrected chi connectivity index (χ0v) is 56.3. The number of carbonyl (C=O) groups is 8. The summed E-state index contributed by atoms with van der Waals surface area (Å²) in [4.78, 5) is 99.2. The molecule has 6 N–H and O–H groups in total. The summed E-state index contributed by atoms with van der Waals surface area (Å²) in [6.07, 6.45) is 32.9. The minimum atomic E-state index is -0.817. The molecule has 0 aromatic heterocycles. The van der Waals surface area contributed by atoms with Crippen LogP contribution in [0.5, 0.6) is 0 Å². The van der Waals surface area contributed by atoms with E-state index in [4.69, 9.17) is 40.0 Å². The lowest BCUT2D eigenvalue weighted by Gasteiger charge is -2.29. The van der Waals surface area contributed by atoms with Gasteiger partial charge in [0, 0.05) is 79.6 Å². The Balaban J connectivity index is 0.000000890. The van der Waals surface area contributed by atoms with E-state index >= 15 is 0 Å². The van der Waals surface area contributed by atoms with Gasteiger partial charge in [-0.3, -0.25) is 19.2 Å². The van der Waals surface area contributed by atoms with E-state index in [-0.39, 0.29) is 65.6 Å². The van der Waals surface area contributed by atoms with Gasteiger partial charge in [0.05, 0.1) is 14.2 Å². The average molecular weight is 1260 g/mol. The van der Waals surface area contributed by atoms with Crippen LogP contribution in [-0.2, 0) is 57.2 Å². The van der Waals surface area contributed by atoms with Crippen molar-refractivity contribution in [3.8, 4) is 0 Å². The molecule has 0 radical (unpaired) electrons. The van der Waals surface area contributed by atoms with Crippen molar-refractivity contribution in [2.75, 3.05) is 14.2 Å². The molecule has 494 valence electrons. The van der Waals surface area contributed by atoms with Crippen LogP contribution >= 0.6 is 11.6 Å². The van der Waals surface area contributed by atoms with Crippen LogP contribution in [0, 0.1) is 22.7 Å². The van der Waals surface area contributed by atoms with E-state index in [1.807, 2.05) is 140 Å². The summed E-state index contributed by atoms with van der Waals surface area (Å²) >= 11 is 5.94. The smallest absolute Gasteiger partial charge is 0.407 e. The molecule has 0 saturated carbocycles. The summed E-state index contributed by atoms with van der Waals surface area (Å²) in [5.41, 5.74) is 0.752. The van der Waals surface area contributed by atoms with Gasteiger partial charge in [0.15, 0.2) is 11.5 Å². The quantitative estimate of drug-likeness (QED) is 0.0128. The first-order valence-electron chi connectivity index (χ1n) is 30.1. The van der Waals surface area contributed by atoms with Crippen molar-refractivity contribution in [1.29, 1.82) is 0 Å². The molecule has 89 heavy (non-hydrogen) atoms. The predicted molar refractivity (Wildman–Crippen MR) is 349 cm³/mol. The number of nitrogens with one attached hydrogen (secondary N) is 6. The zero-order chi connectivity index (χ0) is 67.4. The number of hydrogen-bond acceptors (Lipinski definition) is 14. The van der Waals surface area contributed by atoms with Gasteiger partial charge >= 0.3 is 24.1 Å². The molecule has 0 bridgehead atoms. The SMILES string of the molecule is C/C=C\C[C@@H](C/C=C\NC(=O)[C@@H](NC(=O)\C=C/C=C\C(C)=C\[C@H](C)[C@@H]1CC=C(OC)C(=O)O1)C(C)(C)C)OC(=O)NC(C)C.COC1=CC[C@@H]([C@@H](C)/C=C(C)/C=C\C=C/C(=O)N[C@H](C(=O)N/C=C\C[C@H](C/C=C(\C)Cl)OC(=O)NC(C)C)C(C)(C)C)OC1=O. The lowest BCUT2D eigenvalue weighted by molar-refractivity contribution is -0.152. The van der Waals surface area contributed by atoms with Crippen molar-refractivity contribution in [2.45, 2.75) is 198 Å². The molecular formula is C68H101ClN6O14. The summed E-state index contributed by atoms with van der Waals surface area (Å²) in [6, 6.07) is -1.72. The van der Waals surface area contributed by atoms with Gasteiger partial charge in [-0.15, -0.1) is 0 Å². The lowest BCUT2D eigenvalue weighted by Crippen LogP contribution is -2.52. The predicted octanol–water partition coefficient (Wildman–Crippen LogP) is 11.7. The van der Waals surface area contributed by atoms with E-state index in [1.165, 1.54) is 38.8 Å². The van der Waals surface area contributed by atoms with Crippen LogP contribution in [0.4, 0.5) is 9.59 Å². The van der Waals surface area contributed by atoms with Crippen molar-refractivity contribution in [3.05, 3.63) is 143 Å². The Morgan fingerprint density at radius 3 is 1.26 bits per heavy atom. The number of esters is 2. The minimum absolute atomic E-state index is 0.0124. The standard InChI is InChI=1S/C34H50ClN3O7.C34H51N3O7/c1-22(2)37-33(42)44-26(17-16-25(5)35)14-12-20-36-31(40)30(34(6,7)8)38-29(39)15-11-10-13-23(3)21-24(4)27-18-19-28(43-9)32(41)45-27;1-10-11-16-26(43-33(41)36-23(2)3)17-14-21-35-31(39)30(34(6,7)8)37-29(38)18-13-12-15-24(4)22-25(5)27-19-20-28(42-9)32(40)44-27/h10-13,15-16,19-22,24,26-27,30H,14,17-18H2,1-9H3,(H,36,40)(H,37,42)(H,38,39);10-15,18,20-23,25-27,30H,16-17,19H2,1-9H3,(H,35,39)(H,36,41)(H,37,38)/b13-10-,15-11-,20-12-,23-21+,25-16+;11-10-,15-12-,18-13-,21-14-,24-22+/t24-,26+,27-,30+;25-,26-,27-,30+/m00/s1. The summed E-state index contributed by atoms with van der Waals surface area (Å²) in [5.74, 6) is -2.09.